The van der Waals surface area contributed by atoms with E-state index >= 15 is 0 Å². The molecule has 0 aliphatic carbocycles. The zero-order valence-corrected chi connectivity index (χ0v) is 18.5. The fourth-order valence-electron chi connectivity index (χ4n) is 3.43. The average molecular weight is 408 g/mol. The van der Waals surface area contributed by atoms with Crippen LogP contribution in [-0.4, -0.2) is 29.3 Å². The Hall–Kier alpha value is -2.56. The zero-order valence-electron chi connectivity index (χ0n) is 18.5. The molecule has 0 amide bonds. The molecule has 30 heavy (non-hydrogen) atoms. The SMILES string of the molecule is Cc1ccccc1OCC(O)CN(Cc1ccc(C(C)(C)C)cc1)Cc1ccco1. The fourth-order valence-corrected chi connectivity index (χ4v) is 3.43. The molecule has 0 fully saturated rings. The third-order valence-corrected chi connectivity index (χ3v) is 5.18. The molecule has 0 saturated carbocycles. The van der Waals surface area contributed by atoms with Crippen molar-refractivity contribution < 1.29 is 14.3 Å². The van der Waals surface area contributed by atoms with E-state index in [2.05, 4.69) is 49.9 Å². The van der Waals surface area contributed by atoms with Gasteiger partial charge in [-0.05, 0) is 47.2 Å². The van der Waals surface area contributed by atoms with Crippen LogP contribution in [0.5, 0.6) is 5.75 Å². The number of benzene rings is 2. The largest absolute Gasteiger partial charge is 0.491 e. The Morgan fingerprint density at radius 3 is 2.33 bits per heavy atom. The van der Waals surface area contributed by atoms with E-state index in [1.807, 2.05) is 43.3 Å². The predicted octanol–water partition coefficient (Wildman–Crippen LogP) is 5.33. The molecule has 1 unspecified atom stereocenters. The molecule has 1 heterocycles. The summed E-state index contributed by atoms with van der Waals surface area (Å²) in [6.07, 6.45) is 1.08. The minimum absolute atomic E-state index is 0.134. The molecule has 1 aromatic heterocycles. The summed E-state index contributed by atoms with van der Waals surface area (Å²) in [5, 5.41) is 10.6. The van der Waals surface area contributed by atoms with Gasteiger partial charge < -0.3 is 14.3 Å². The Morgan fingerprint density at radius 2 is 1.70 bits per heavy atom. The number of furan rings is 1. The smallest absolute Gasteiger partial charge is 0.122 e. The summed E-state index contributed by atoms with van der Waals surface area (Å²) in [6.45, 7) is 10.8. The zero-order chi connectivity index (χ0) is 21.6. The van der Waals surface area contributed by atoms with Crippen LogP contribution < -0.4 is 4.74 Å². The van der Waals surface area contributed by atoms with Gasteiger partial charge in [-0.3, -0.25) is 4.90 Å². The lowest BCUT2D eigenvalue weighted by molar-refractivity contribution is 0.0602. The second-order valence-electron chi connectivity index (χ2n) is 8.93. The number of nitrogens with zero attached hydrogens (tertiary/aromatic N) is 1. The van der Waals surface area contributed by atoms with Crippen LogP contribution in [0.2, 0.25) is 0 Å². The molecule has 160 valence electrons. The first-order valence-electron chi connectivity index (χ1n) is 10.5. The normalized spacial score (nSPS) is 12.9. The van der Waals surface area contributed by atoms with Gasteiger partial charge in [-0.1, -0.05) is 63.2 Å². The summed E-state index contributed by atoms with van der Waals surface area (Å²) in [5.41, 5.74) is 3.73. The van der Waals surface area contributed by atoms with Crippen molar-refractivity contribution in [1.29, 1.82) is 0 Å². The maximum atomic E-state index is 10.6. The van der Waals surface area contributed by atoms with Crippen molar-refractivity contribution in [3.05, 3.63) is 89.4 Å². The van der Waals surface area contributed by atoms with Gasteiger partial charge in [-0.15, -0.1) is 0 Å². The number of hydrogen-bond donors (Lipinski definition) is 1. The number of aliphatic hydroxyl groups is 1. The van der Waals surface area contributed by atoms with E-state index in [0.717, 1.165) is 23.6 Å². The lowest BCUT2D eigenvalue weighted by Gasteiger charge is -2.25. The molecule has 0 aliphatic rings. The van der Waals surface area contributed by atoms with Crippen LogP contribution in [0.15, 0.2) is 71.3 Å². The Morgan fingerprint density at radius 1 is 0.967 bits per heavy atom. The van der Waals surface area contributed by atoms with Crippen LogP contribution in [0.4, 0.5) is 0 Å². The van der Waals surface area contributed by atoms with Crippen LogP contribution >= 0.6 is 0 Å². The average Bonchev–Trinajstić information content (AvgIpc) is 3.20. The van der Waals surface area contributed by atoms with Crippen LogP contribution in [0, 0.1) is 6.92 Å². The van der Waals surface area contributed by atoms with Crippen molar-refractivity contribution >= 4 is 0 Å². The highest BCUT2D eigenvalue weighted by Gasteiger charge is 2.17. The first kappa shape index (κ1) is 22.1. The lowest BCUT2D eigenvalue weighted by atomic mass is 9.87. The van der Waals surface area contributed by atoms with Crippen LogP contribution in [0.25, 0.3) is 0 Å². The summed E-state index contributed by atoms with van der Waals surface area (Å²) in [4.78, 5) is 2.19. The van der Waals surface area contributed by atoms with Crippen LogP contribution in [0.1, 0.15) is 43.2 Å². The standard InChI is InChI=1S/C26H33NO3/c1-20-8-5-6-10-25(20)30-19-23(28)17-27(18-24-9-7-15-29-24)16-21-11-13-22(14-12-21)26(2,3)4/h5-15,23,28H,16-19H2,1-4H3. The quantitative estimate of drug-likeness (QED) is 0.521. The molecule has 0 radical (unpaired) electrons. The molecule has 4 heteroatoms. The molecule has 1 N–H and O–H groups in total. The van der Waals surface area contributed by atoms with Crippen LogP contribution in [0.3, 0.4) is 0 Å². The summed E-state index contributed by atoms with van der Waals surface area (Å²) >= 11 is 0. The van der Waals surface area contributed by atoms with Gasteiger partial charge in [0.25, 0.3) is 0 Å². The summed E-state index contributed by atoms with van der Waals surface area (Å²) < 4.78 is 11.4. The van der Waals surface area contributed by atoms with E-state index in [1.165, 1.54) is 11.1 Å². The molecular weight excluding hydrogens is 374 g/mol. The van der Waals surface area contributed by atoms with Crippen molar-refractivity contribution in [3.8, 4) is 5.75 Å². The number of hydrogen-bond acceptors (Lipinski definition) is 4. The number of ether oxygens (including phenoxy) is 1. The molecule has 3 aromatic rings. The van der Waals surface area contributed by atoms with E-state index in [9.17, 15) is 5.11 Å². The third-order valence-electron chi connectivity index (χ3n) is 5.18. The molecule has 0 spiro atoms. The fraction of sp³-hybridized carbons (Fsp3) is 0.385. The van der Waals surface area contributed by atoms with E-state index < -0.39 is 6.10 Å². The second kappa shape index (κ2) is 9.96. The van der Waals surface area contributed by atoms with Gasteiger partial charge in [0.05, 0.1) is 12.8 Å². The Labute approximate surface area is 180 Å². The lowest BCUT2D eigenvalue weighted by Crippen LogP contribution is -2.35. The summed E-state index contributed by atoms with van der Waals surface area (Å²) in [5.74, 6) is 1.69. The van der Waals surface area contributed by atoms with Gasteiger partial charge in [0.1, 0.15) is 24.2 Å². The highest BCUT2D eigenvalue weighted by Crippen LogP contribution is 2.23. The first-order chi connectivity index (χ1) is 14.3. The van der Waals surface area contributed by atoms with Crippen molar-refractivity contribution in [2.75, 3.05) is 13.2 Å². The van der Waals surface area contributed by atoms with Gasteiger partial charge in [0.2, 0.25) is 0 Å². The Bertz CT molecular complexity index is 895. The summed E-state index contributed by atoms with van der Waals surface area (Å²) in [6, 6.07) is 20.4. The topological polar surface area (TPSA) is 45.8 Å². The minimum atomic E-state index is -0.603. The van der Waals surface area contributed by atoms with Gasteiger partial charge in [0.15, 0.2) is 0 Å². The Balaban J connectivity index is 1.64. The molecule has 2 aromatic carbocycles. The van der Waals surface area contributed by atoms with Gasteiger partial charge in [-0.25, -0.2) is 0 Å². The number of rotatable bonds is 9. The van der Waals surface area contributed by atoms with E-state index in [4.69, 9.17) is 9.15 Å². The number of aryl methyl sites for hydroxylation is 1. The molecule has 0 bridgehead atoms. The maximum Gasteiger partial charge on any atom is 0.122 e. The maximum absolute atomic E-state index is 10.6. The summed E-state index contributed by atoms with van der Waals surface area (Å²) in [7, 11) is 0. The van der Waals surface area contributed by atoms with E-state index in [1.54, 1.807) is 6.26 Å². The Kier molecular flexibility index (Phi) is 7.35. The third kappa shape index (κ3) is 6.48. The van der Waals surface area contributed by atoms with Gasteiger partial charge in [0, 0.05) is 13.1 Å². The van der Waals surface area contributed by atoms with Crippen molar-refractivity contribution in [1.82, 2.24) is 4.90 Å². The van der Waals surface area contributed by atoms with Crippen molar-refractivity contribution in [2.45, 2.75) is 52.3 Å². The molecular formula is C26H33NO3. The van der Waals surface area contributed by atoms with E-state index in [-0.39, 0.29) is 12.0 Å². The minimum Gasteiger partial charge on any atom is -0.491 e. The van der Waals surface area contributed by atoms with Gasteiger partial charge >= 0.3 is 0 Å². The monoisotopic (exact) mass is 407 g/mol. The molecule has 4 nitrogen and oxygen atoms in total. The molecule has 0 aliphatic heterocycles. The predicted molar refractivity (Wildman–Crippen MR) is 121 cm³/mol. The van der Waals surface area contributed by atoms with Crippen molar-refractivity contribution in [3.63, 3.8) is 0 Å². The molecule has 3 rings (SSSR count). The first-order valence-corrected chi connectivity index (χ1v) is 10.5. The highest BCUT2D eigenvalue weighted by atomic mass is 16.5. The van der Waals surface area contributed by atoms with E-state index in [0.29, 0.717) is 13.1 Å². The second-order valence-corrected chi connectivity index (χ2v) is 8.93. The number of aliphatic hydroxyl groups excluding tert-OH is 1. The van der Waals surface area contributed by atoms with Crippen molar-refractivity contribution in [2.24, 2.45) is 0 Å². The van der Waals surface area contributed by atoms with Gasteiger partial charge in [-0.2, -0.15) is 0 Å². The number of para-hydroxylation sites is 1. The molecule has 1 atom stereocenters. The van der Waals surface area contributed by atoms with Crippen LogP contribution in [-0.2, 0) is 18.5 Å². The molecule has 0 saturated heterocycles. The highest BCUT2D eigenvalue weighted by molar-refractivity contribution is 5.31.